The minimum Gasteiger partial charge on any atom is -0.478 e. The molecule has 0 atom stereocenters. The number of aryl methyl sites for hydroxylation is 1. The van der Waals surface area contributed by atoms with Gasteiger partial charge in [0, 0.05) is 12.6 Å². The van der Waals surface area contributed by atoms with Crippen molar-refractivity contribution in [1.82, 2.24) is 0 Å². The monoisotopic (exact) mass is 249 g/mol. The molecule has 0 aliphatic heterocycles. The molecule has 0 fully saturated rings. The van der Waals surface area contributed by atoms with Crippen molar-refractivity contribution in [3.05, 3.63) is 29.3 Å². The maximum absolute atomic E-state index is 11.3. The summed E-state index contributed by atoms with van der Waals surface area (Å²) in [6.07, 6.45) is 0. The minimum absolute atomic E-state index is 0.285. The number of rotatable bonds is 5. The molecule has 100 valence electrons. The van der Waals surface area contributed by atoms with Gasteiger partial charge in [-0.3, -0.25) is 0 Å². The number of nitrogens with zero attached hydrogens (tertiary/aromatic N) is 1. The van der Waals surface area contributed by atoms with E-state index in [2.05, 4.69) is 32.6 Å². The normalized spacial score (nSPS) is 11.1. The standard InChI is InChI=1S/C15H23NO2/c1-10(2)9-16(11(3)4)14-8-12(5)6-7-13(14)15(17)18/h6-8,10-11H,9H2,1-5H3,(H,17,18). The number of aromatic carboxylic acids is 1. The highest BCUT2D eigenvalue weighted by Gasteiger charge is 2.19. The number of carbonyl (C=O) groups is 1. The lowest BCUT2D eigenvalue weighted by atomic mass is 10.1. The van der Waals surface area contributed by atoms with Crippen LogP contribution < -0.4 is 4.90 Å². The molecule has 0 saturated carbocycles. The zero-order chi connectivity index (χ0) is 13.9. The van der Waals surface area contributed by atoms with Crippen LogP contribution in [0.3, 0.4) is 0 Å². The van der Waals surface area contributed by atoms with Crippen LogP contribution in [0, 0.1) is 12.8 Å². The average Bonchev–Trinajstić information content (AvgIpc) is 2.24. The molecule has 0 bridgehead atoms. The van der Waals surface area contributed by atoms with Gasteiger partial charge in [0.05, 0.1) is 11.3 Å². The van der Waals surface area contributed by atoms with Gasteiger partial charge in [0.2, 0.25) is 0 Å². The van der Waals surface area contributed by atoms with Gasteiger partial charge < -0.3 is 10.0 Å². The average molecular weight is 249 g/mol. The molecule has 0 heterocycles. The van der Waals surface area contributed by atoms with E-state index in [4.69, 9.17) is 0 Å². The van der Waals surface area contributed by atoms with Gasteiger partial charge in [-0.25, -0.2) is 4.79 Å². The first-order valence-electron chi connectivity index (χ1n) is 6.43. The van der Waals surface area contributed by atoms with E-state index in [-0.39, 0.29) is 6.04 Å². The first kappa shape index (κ1) is 14.6. The van der Waals surface area contributed by atoms with Crippen molar-refractivity contribution in [2.75, 3.05) is 11.4 Å². The maximum atomic E-state index is 11.3. The van der Waals surface area contributed by atoms with Crippen molar-refractivity contribution >= 4 is 11.7 Å². The molecule has 0 amide bonds. The Hall–Kier alpha value is -1.51. The van der Waals surface area contributed by atoms with Crippen molar-refractivity contribution in [2.24, 2.45) is 5.92 Å². The number of hydrogen-bond acceptors (Lipinski definition) is 2. The van der Waals surface area contributed by atoms with Gasteiger partial charge in [-0.05, 0) is 44.4 Å². The Kier molecular flexibility index (Phi) is 4.76. The second-order valence-corrected chi connectivity index (χ2v) is 5.47. The zero-order valence-corrected chi connectivity index (χ0v) is 11.9. The third-order valence-electron chi connectivity index (χ3n) is 2.88. The Bertz CT molecular complexity index is 425. The van der Waals surface area contributed by atoms with Crippen LogP contribution >= 0.6 is 0 Å². The van der Waals surface area contributed by atoms with E-state index in [0.717, 1.165) is 17.8 Å². The maximum Gasteiger partial charge on any atom is 0.337 e. The first-order chi connectivity index (χ1) is 8.32. The molecule has 1 N–H and O–H groups in total. The molecule has 0 spiro atoms. The fraction of sp³-hybridized carbons (Fsp3) is 0.533. The third kappa shape index (κ3) is 3.49. The van der Waals surface area contributed by atoms with E-state index >= 15 is 0 Å². The zero-order valence-electron chi connectivity index (χ0n) is 11.9. The van der Waals surface area contributed by atoms with E-state index in [1.54, 1.807) is 6.07 Å². The van der Waals surface area contributed by atoms with Crippen LogP contribution in [0.15, 0.2) is 18.2 Å². The van der Waals surface area contributed by atoms with Gasteiger partial charge >= 0.3 is 5.97 Å². The molecule has 3 nitrogen and oxygen atoms in total. The summed E-state index contributed by atoms with van der Waals surface area (Å²) in [4.78, 5) is 13.5. The summed E-state index contributed by atoms with van der Waals surface area (Å²) in [6, 6.07) is 5.79. The molecule has 18 heavy (non-hydrogen) atoms. The number of hydrogen-bond donors (Lipinski definition) is 1. The fourth-order valence-electron chi connectivity index (χ4n) is 2.04. The highest BCUT2D eigenvalue weighted by Crippen LogP contribution is 2.25. The van der Waals surface area contributed by atoms with E-state index in [1.807, 2.05) is 19.1 Å². The molecule has 0 unspecified atom stereocenters. The predicted octanol–water partition coefficient (Wildman–Crippen LogP) is 3.56. The Morgan fingerprint density at radius 1 is 1.28 bits per heavy atom. The smallest absolute Gasteiger partial charge is 0.337 e. The van der Waals surface area contributed by atoms with Crippen molar-refractivity contribution in [2.45, 2.75) is 40.7 Å². The van der Waals surface area contributed by atoms with Crippen LogP contribution in [-0.2, 0) is 0 Å². The lowest BCUT2D eigenvalue weighted by molar-refractivity contribution is 0.0697. The third-order valence-corrected chi connectivity index (χ3v) is 2.88. The molecule has 1 aromatic rings. The molecule has 3 heteroatoms. The second kappa shape index (κ2) is 5.89. The van der Waals surface area contributed by atoms with E-state index in [9.17, 15) is 9.90 Å². The van der Waals surface area contributed by atoms with Crippen LogP contribution in [0.4, 0.5) is 5.69 Å². The Morgan fingerprint density at radius 2 is 1.89 bits per heavy atom. The highest BCUT2D eigenvalue weighted by atomic mass is 16.4. The summed E-state index contributed by atoms with van der Waals surface area (Å²) < 4.78 is 0. The molecular formula is C15H23NO2. The van der Waals surface area contributed by atoms with E-state index < -0.39 is 5.97 Å². The van der Waals surface area contributed by atoms with Crippen molar-refractivity contribution in [3.8, 4) is 0 Å². The minimum atomic E-state index is -0.862. The summed E-state index contributed by atoms with van der Waals surface area (Å²) >= 11 is 0. The molecule has 1 aromatic carbocycles. The van der Waals surface area contributed by atoms with Gasteiger partial charge in [0.25, 0.3) is 0 Å². The number of anilines is 1. The summed E-state index contributed by atoms with van der Waals surface area (Å²) in [5.41, 5.74) is 2.30. The summed E-state index contributed by atoms with van der Waals surface area (Å²) in [7, 11) is 0. The molecular weight excluding hydrogens is 226 g/mol. The fourth-order valence-corrected chi connectivity index (χ4v) is 2.04. The van der Waals surface area contributed by atoms with Crippen molar-refractivity contribution in [1.29, 1.82) is 0 Å². The van der Waals surface area contributed by atoms with E-state index in [0.29, 0.717) is 11.5 Å². The van der Waals surface area contributed by atoms with Crippen LogP contribution in [-0.4, -0.2) is 23.7 Å². The lowest BCUT2D eigenvalue weighted by Crippen LogP contribution is -2.35. The van der Waals surface area contributed by atoms with Gasteiger partial charge in [-0.1, -0.05) is 19.9 Å². The van der Waals surface area contributed by atoms with Gasteiger partial charge in [0.15, 0.2) is 0 Å². The van der Waals surface area contributed by atoms with Crippen LogP contribution in [0.2, 0.25) is 0 Å². The Balaban J connectivity index is 3.25. The quantitative estimate of drug-likeness (QED) is 0.867. The Labute approximate surface area is 109 Å². The molecule has 1 rings (SSSR count). The largest absolute Gasteiger partial charge is 0.478 e. The molecule has 0 aliphatic rings. The first-order valence-corrected chi connectivity index (χ1v) is 6.43. The second-order valence-electron chi connectivity index (χ2n) is 5.47. The van der Waals surface area contributed by atoms with Gasteiger partial charge in [-0.15, -0.1) is 0 Å². The van der Waals surface area contributed by atoms with Crippen molar-refractivity contribution in [3.63, 3.8) is 0 Å². The molecule has 0 saturated heterocycles. The SMILES string of the molecule is Cc1ccc(C(=O)O)c(N(CC(C)C)C(C)C)c1. The van der Waals surface area contributed by atoms with Crippen molar-refractivity contribution < 1.29 is 9.90 Å². The van der Waals surface area contributed by atoms with Crippen LogP contribution in [0.1, 0.15) is 43.6 Å². The van der Waals surface area contributed by atoms with Crippen LogP contribution in [0.5, 0.6) is 0 Å². The summed E-state index contributed by atoms with van der Waals surface area (Å²) in [5, 5.41) is 9.29. The number of carboxylic acid groups (broad SMARTS) is 1. The molecule has 0 aromatic heterocycles. The Morgan fingerprint density at radius 3 is 2.33 bits per heavy atom. The van der Waals surface area contributed by atoms with Gasteiger partial charge in [-0.2, -0.15) is 0 Å². The topological polar surface area (TPSA) is 40.5 Å². The van der Waals surface area contributed by atoms with E-state index in [1.165, 1.54) is 0 Å². The van der Waals surface area contributed by atoms with Gasteiger partial charge in [0.1, 0.15) is 0 Å². The molecule has 0 radical (unpaired) electrons. The summed E-state index contributed by atoms with van der Waals surface area (Å²) in [5.74, 6) is -0.367. The highest BCUT2D eigenvalue weighted by molar-refractivity contribution is 5.94. The lowest BCUT2D eigenvalue weighted by Gasteiger charge is -2.32. The predicted molar refractivity (Wildman–Crippen MR) is 75.5 cm³/mol. The van der Waals surface area contributed by atoms with Crippen LogP contribution in [0.25, 0.3) is 0 Å². The molecule has 0 aliphatic carbocycles. The number of benzene rings is 1. The summed E-state index contributed by atoms with van der Waals surface area (Å²) in [6.45, 7) is 11.3. The number of carboxylic acids is 1.